The standard InChI is InChI=1S/C12H13ClF3N5O/c1-6-4-8(12(14,15)16)19-21(6)5-9(22)17-11-10(13)7(2)18-20(11)3/h4H,5H2,1-3H3,(H,17,22). The first kappa shape index (κ1) is 16.3. The van der Waals surface area contributed by atoms with Crippen molar-refractivity contribution in [1.82, 2.24) is 19.6 Å². The SMILES string of the molecule is Cc1nn(C)c(NC(=O)Cn2nc(C(F)(F)F)cc2C)c1Cl. The molecule has 0 aliphatic rings. The van der Waals surface area contributed by atoms with Crippen molar-refractivity contribution in [3.8, 4) is 0 Å². The summed E-state index contributed by atoms with van der Waals surface area (Å²) in [6, 6.07) is 0.883. The Hall–Kier alpha value is -2.03. The van der Waals surface area contributed by atoms with E-state index in [1.54, 1.807) is 14.0 Å². The van der Waals surface area contributed by atoms with Crippen molar-refractivity contribution in [1.29, 1.82) is 0 Å². The lowest BCUT2D eigenvalue weighted by atomic mass is 10.3. The van der Waals surface area contributed by atoms with Gasteiger partial charge in [0.1, 0.15) is 17.4 Å². The molecule has 0 bridgehead atoms. The number of anilines is 1. The summed E-state index contributed by atoms with van der Waals surface area (Å²) in [7, 11) is 1.59. The van der Waals surface area contributed by atoms with Gasteiger partial charge in [-0.15, -0.1) is 0 Å². The van der Waals surface area contributed by atoms with E-state index in [1.165, 1.54) is 11.6 Å². The van der Waals surface area contributed by atoms with Crippen LogP contribution in [0.15, 0.2) is 6.07 Å². The smallest absolute Gasteiger partial charge is 0.308 e. The summed E-state index contributed by atoms with van der Waals surface area (Å²) in [6.45, 7) is 2.75. The van der Waals surface area contributed by atoms with Gasteiger partial charge >= 0.3 is 6.18 Å². The van der Waals surface area contributed by atoms with Crippen molar-refractivity contribution >= 4 is 23.3 Å². The third kappa shape index (κ3) is 3.24. The number of aromatic nitrogens is 4. The van der Waals surface area contributed by atoms with Crippen molar-refractivity contribution in [2.45, 2.75) is 26.6 Å². The predicted molar refractivity (Wildman–Crippen MR) is 73.6 cm³/mol. The van der Waals surface area contributed by atoms with Crippen LogP contribution in [0.4, 0.5) is 19.0 Å². The number of nitrogens with zero attached hydrogens (tertiary/aromatic N) is 4. The molecule has 22 heavy (non-hydrogen) atoms. The van der Waals surface area contributed by atoms with Crippen LogP contribution in [0.1, 0.15) is 17.1 Å². The van der Waals surface area contributed by atoms with Crippen LogP contribution in [-0.4, -0.2) is 25.5 Å². The van der Waals surface area contributed by atoms with Crippen LogP contribution < -0.4 is 5.32 Å². The predicted octanol–water partition coefficient (Wildman–Crippen LogP) is 2.54. The first-order valence-corrected chi connectivity index (χ1v) is 6.58. The second-order valence-electron chi connectivity index (χ2n) is 4.75. The third-order valence-corrected chi connectivity index (χ3v) is 3.42. The highest BCUT2D eigenvalue weighted by Crippen LogP contribution is 2.28. The van der Waals surface area contributed by atoms with Crippen molar-refractivity contribution in [2.24, 2.45) is 7.05 Å². The van der Waals surface area contributed by atoms with Gasteiger partial charge in [-0.2, -0.15) is 23.4 Å². The average molecular weight is 336 g/mol. The summed E-state index contributed by atoms with van der Waals surface area (Å²) in [4.78, 5) is 12.0. The maximum atomic E-state index is 12.6. The number of rotatable bonds is 3. The van der Waals surface area contributed by atoms with Crippen LogP contribution in [0.5, 0.6) is 0 Å². The molecule has 1 N–H and O–H groups in total. The number of carbonyl (C=O) groups excluding carboxylic acids is 1. The molecule has 1 amide bonds. The molecule has 0 aromatic carbocycles. The van der Waals surface area contributed by atoms with Gasteiger partial charge in [-0.3, -0.25) is 14.2 Å². The molecule has 0 fully saturated rings. The molecule has 0 saturated carbocycles. The minimum absolute atomic E-state index is 0.231. The maximum absolute atomic E-state index is 12.6. The summed E-state index contributed by atoms with van der Waals surface area (Å²) in [6.07, 6.45) is -4.55. The molecule has 2 aromatic heterocycles. The van der Waals surface area contributed by atoms with E-state index in [-0.39, 0.29) is 23.1 Å². The van der Waals surface area contributed by atoms with Gasteiger partial charge in [-0.05, 0) is 19.9 Å². The monoisotopic (exact) mass is 335 g/mol. The van der Waals surface area contributed by atoms with Gasteiger partial charge in [-0.25, -0.2) is 0 Å². The number of aryl methyl sites for hydroxylation is 3. The first-order chi connectivity index (χ1) is 10.1. The summed E-state index contributed by atoms with van der Waals surface area (Å²) >= 11 is 5.99. The zero-order chi connectivity index (χ0) is 16.7. The van der Waals surface area contributed by atoms with E-state index in [0.29, 0.717) is 5.69 Å². The van der Waals surface area contributed by atoms with E-state index in [4.69, 9.17) is 11.6 Å². The second kappa shape index (κ2) is 5.64. The van der Waals surface area contributed by atoms with Crippen molar-refractivity contribution < 1.29 is 18.0 Å². The fraction of sp³-hybridized carbons (Fsp3) is 0.417. The van der Waals surface area contributed by atoms with Gasteiger partial charge in [-0.1, -0.05) is 11.6 Å². The number of alkyl halides is 3. The summed E-state index contributed by atoms with van der Waals surface area (Å²) in [5.74, 6) is -0.269. The Bertz CT molecular complexity index is 719. The lowest BCUT2D eigenvalue weighted by Crippen LogP contribution is -2.22. The van der Waals surface area contributed by atoms with E-state index in [1.807, 2.05) is 0 Å². The molecule has 2 rings (SSSR count). The Kier molecular flexibility index (Phi) is 4.19. The van der Waals surface area contributed by atoms with Crippen molar-refractivity contribution in [3.05, 3.63) is 28.2 Å². The zero-order valence-corrected chi connectivity index (χ0v) is 12.7. The molecule has 0 aliphatic heterocycles. The first-order valence-electron chi connectivity index (χ1n) is 6.20. The van der Waals surface area contributed by atoms with Crippen molar-refractivity contribution in [3.63, 3.8) is 0 Å². The molecule has 10 heteroatoms. The molecule has 120 valence electrons. The van der Waals surface area contributed by atoms with Gasteiger partial charge in [0, 0.05) is 12.7 Å². The second-order valence-corrected chi connectivity index (χ2v) is 5.12. The minimum atomic E-state index is -4.55. The van der Waals surface area contributed by atoms with E-state index >= 15 is 0 Å². The fourth-order valence-electron chi connectivity index (χ4n) is 1.88. The Morgan fingerprint density at radius 3 is 2.45 bits per heavy atom. The van der Waals surface area contributed by atoms with Crippen LogP contribution in [0.2, 0.25) is 5.02 Å². The van der Waals surface area contributed by atoms with E-state index in [0.717, 1.165) is 10.7 Å². The van der Waals surface area contributed by atoms with Crippen LogP contribution in [0, 0.1) is 13.8 Å². The molecular formula is C12H13ClF3N5O. The van der Waals surface area contributed by atoms with Crippen LogP contribution in [0.25, 0.3) is 0 Å². The summed E-state index contributed by atoms with van der Waals surface area (Å²) in [5.41, 5.74) is -0.268. The van der Waals surface area contributed by atoms with Gasteiger partial charge in [0.2, 0.25) is 5.91 Å². The highest BCUT2D eigenvalue weighted by atomic mass is 35.5. The number of amides is 1. The molecule has 2 heterocycles. The number of hydrogen-bond acceptors (Lipinski definition) is 3. The number of halogens is 4. The zero-order valence-electron chi connectivity index (χ0n) is 12.0. The highest BCUT2D eigenvalue weighted by Gasteiger charge is 2.34. The van der Waals surface area contributed by atoms with E-state index in [9.17, 15) is 18.0 Å². The summed E-state index contributed by atoms with van der Waals surface area (Å²) in [5, 5.41) is 10.2. The fourth-order valence-corrected chi connectivity index (χ4v) is 2.09. The number of hydrogen-bond donors (Lipinski definition) is 1. The molecule has 0 saturated heterocycles. The number of carbonyl (C=O) groups is 1. The molecule has 0 spiro atoms. The quantitative estimate of drug-likeness (QED) is 0.937. The lowest BCUT2D eigenvalue weighted by Gasteiger charge is -2.07. The molecule has 0 unspecified atom stereocenters. The van der Waals surface area contributed by atoms with Gasteiger partial charge < -0.3 is 5.32 Å². The van der Waals surface area contributed by atoms with Gasteiger partial charge in [0.05, 0.1) is 5.69 Å². The highest BCUT2D eigenvalue weighted by molar-refractivity contribution is 6.34. The van der Waals surface area contributed by atoms with E-state index in [2.05, 4.69) is 15.5 Å². The maximum Gasteiger partial charge on any atom is 0.435 e. The molecule has 2 aromatic rings. The van der Waals surface area contributed by atoms with E-state index < -0.39 is 17.8 Å². The molecule has 0 aliphatic carbocycles. The average Bonchev–Trinajstić information content (AvgIpc) is 2.85. The minimum Gasteiger partial charge on any atom is -0.308 e. The molecule has 0 atom stereocenters. The Morgan fingerprint density at radius 1 is 1.36 bits per heavy atom. The van der Waals surface area contributed by atoms with Crippen molar-refractivity contribution in [2.75, 3.05) is 5.32 Å². The molecule has 6 nitrogen and oxygen atoms in total. The molecular weight excluding hydrogens is 323 g/mol. The summed E-state index contributed by atoms with van der Waals surface area (Å²) < 4.78 is 40.1. The van der Waals surface area contributed by atoms with Gasteiger partial charge in [0.15, 0.2) is 5.69 Å². The largest absolute Gasteiger partial charge is 0.435 e. The molecule has 0 radical (unpaired) electrons. The normalized spacial score (nSPS) is 11.8. The van der Waals surface area contributed by atoms with Crippen LogP contribution in [0.3, 0.4) is 0 Å². The third-order valence-electron chi connectivity index (χ3n) is 2.97. The Labute approximate surface area is 128 Å². The van der Waals surface area contributed by atoms with Gasteiger partial charge in [0.25, 0.3) is 0 Å². The Balaban J connectivity index is 2.14. The number of nitrogens with one attached hydrogen (secondary N) is 1. The van der Waals surface area contributed by atoms with Crippen LogP contribution in [-0.2, 0) is 24.6 Å². The topological polar surface area (TPSA) is 64.7 Å². The van der Waals surface area contributed by atoms with Crippen LogP contribution >= 0.6 is 11.6 Å². The lowest BCUT2D eigenvalue weighted by molar-refractivity contribution is -0.141. The Morgan fingerprint density at radius 2 is 2.00 bits per heavy atom.